The molecule has 1 aromatic carbocycles. The van der Waals surface area contributed by atoms with Crippen molar-refractivity contribution in [3.8, 4) is 0 Å². The van der Waals surface area contributed by atoms with Crippen LogP contribution in [0.25, 0.3) is 0 Å². The molecule has 0 bridgehead atoms. The molecule has 0 radical (unpaired) electrons. The highest BCUT2D eigenvalue weighted by atomic mass is 32.2. The summed E-state index contributed by atoms with van der Waals surface area (Å²) in [6.45, 7) is 3.98. The molecule has 1 aromatic rings. The lowest BCUT2D eigenvalue weighted by Crippen LogP contribution is -2.32. The van der Waals surface area contributed by atoms with Gasteiger partial charge in [-0.05, 0) is 31.0 Å². The summed E-state index contributed by atoms with van der Waals surface area (Å²) in [6.07, 6.45) is -0.820. The topological polar surface area (TPSA) is 66.4 Å². The minimum atomic E-state index is -3.10. The van der Waals surface area contributed by atoms with E-state index in [-0.39, 0.29) is 11.5 Å². The molecule has 1 aliphatic heterocycles. The first-order valence-electron chi connectivity index (χ1n) is 5.60. The van der Waals surface area contributed by atoms with Gasteiger partial charge in [0.1, 0.15) is 0 Å². The highest BCUT2D eigenvalue weighted by Gasteiger charge is 2.36. The molecule has 1 fully saturated rings. The van der Waals surface area contributed by atoms with Crippen LogP contribution in [0.1, 0.15) is 11.1 Å². The number of benzene rings is 1. The van der Waals surface area contributed by atoms with Crippen LogP contribution in [0.2, 0.25) is 0 Å². The largest absolute Gasteiger partial charge is 0.390 e. The summed E-state index contributed by atoms with van der Waals surface area (Å²) in [6, 6.07) is 5.42. The van der Waals surface area contributed by atoms with E-state index in [0.717, 1.165) is 16.8 Å². The predicted octanol–water partition coefficient (Wildman–Crippen LogP) is 0.873. The van der Waals surface area contributed by atoms with Crippen molar-refractivity contribution in [1.82, 2.24) is 0 Å². The van der Waals surface area contributed by atoms with Gasteiger partial charge in [0.25, 0.3) is 0 Å². The van der Waals surface area contributed by atoms with Crippen molar-refractivity contribution in [2.75, 3.05) is 16.8 Å². The van der Waals surface area contributed by atoms with Gasteiger partial charge in [-0.3, -0.25) is 0 Å². The van der Waals surface area contributed by atoms with Gasteiger partial charge in [0, 0.05) is 5.69 Å². The predicted molar refractivity (Wildman–Crippen MR) is 68.0 cm³/mol. The lowest BCUT2D eigenvalue weighted by Gasteiger charge is -2.18. The fourth-order valence-corrected chi connectivity index (χ4v) is 3.82. The lowest BCUT2D eigenvalue weighted by atomic mass is 10.1. The van der Waals surface area contributed by atoms with Crippen LogP contribution in [0.3, 0.4) is 0 Å². The molecule has 1 saturated heterocycles. The van der Waals surface area contributed by atoms with E-state index in [1.54, 1.807) is 0 Å². The zero-order chi connectivity index (χ0) is 12.6. The molecular weight excluding hydrogens is 238 g/mol. The molecule has 0 spiro atoms. The fraction of sp³-hybridized carbons (Fsp3) is 0.500. The first-order valence-corrected chi connectivity index (χ1v) is 7.42. The monoisotopic (exact) mass is 255 g/mol. The van der Waals surface area contributed by atoms with E-state index in [9.17, 15) is 13.5 Å². The number of sulfone groups is 1. The Kier molecular flexibility index (Phi) is 3.14. The Labute approximate surface area is 102 Å². The fourth-order valence-electron chi connectivity index (χ4n) is 2.07. The first kappa shape index (κ1) is 12.4. The van der Waals surface area contributed by atoms with E-state index in [1.807, 2.05) is 32.0 Å². The summed E-state index contributed by atoms with van der Waals surface area (Å²) in [5.41, 5.74) is 3.13. The molecule has 94 valence electrons. The van der Waals surface area contributed by atoms with Crippen LogP contribution in [-0.2, 0) is 9.84 Å². The van der Waals surface area contributed by atoms with Crippen LogP contribution >= 0.6 is 0 Å². The van der Waals surface area contributed by atoms with Crippen LogP contribution in [-0.4, -0.2) is 37.2 Å². The SMILES string of the molecule is Cc1cccc(N[C@@H]2CS(=O)(=O)C[C@H]2O)c1C. The second-order valence-corrected chi connectivity index (χ2v) is 6.80. The molecule has 0 unspecified atom stereocenters. The van der Waals surface area contributed by atoms with Crippen molar-refractivity contribution < 1.29 is 13.5 Å². The molecule has 2 atom stereocenters. The van der Waals surface area contributed by atoms with Crippen LogP contribution in [0.5, 0.6) is 0 Å². The Morgan fingerprint density at radius 1 is 1.29 bits per heavy atom. The number of aliphatic hydroxyl groups excluding tert-OH is 1. The van der Waals surface area contributed by atoms with Crippen molar-refractivity contribution in [3.63, 3.8) is 0 Å². The minimum Gasteiger partial charge on any atom is -0.390 e. The van der Waals surface area contributed by atoms with Crippen molar-refractivity contribution in [1.29, 1.82) is 0 Å². The molecule has 0 saturated carbocycles. The van der Waals surface area contributed by atoms with Gasteiger partial charge in [-0.15, -0.1) is 0 Å². The highest BCUT2D eigenvalue weighted by molar-refractivity contribution is 7.91. The smallest absolute Gasteiger partial charge is 0.155 e. The molecule has 2 rings (SSSR count). The van der Waals surface area contributed by atoms with Gasteiger partial charge in [-0.2, -0.15) is 0 Å². The molecule has 17 heavy (non-hydrogen) atoms. The lowest BCUT2D eigenvalue weighted by molar-refractivity contribution is 0.190. The van der Waals surface area contributed by atoms with Gasteiger partial charge in [0.2, 0.25) is 0 Å². The molecule has 4 nitrogen and oxygen atoms in total. The molecule has 5 heteroatoms. The molecule has 1 heterocycles. The van der Waals surface area contributed by atoms with Crippen LogP contribution in [0.15, 0.2) is 18.2 Å². The van der Waals surface area contributed by atoms with Gasteiger partial charge >= 0.3 is 0 Å². The van der Waals surface area contributed by atoms with Crippen LogP contribution in [0, 0.1) is 13.8 Å². The summed E-state index contributed by atoms with van der Waals surface area (Å²) in [5, 5.41) is 12.8. The van der Waals surface area contributed by atoms with Crippen molar-refractivity contribution in [3.05, 3.63) is 29.3 Å². The van der Waals surface area contributed by atoms with E-state index >= 15 is 0 Å². The number of hydrogen-bond donors (Lipinski definition) is 2. The second-order valence-electron chi connectivity index (χ2n) is 4.64. The highest BCUT2D eigenvalue weighted by Crippen LogP contribution is 2.22. The third-order valence-electron chi connectivity index (χ3n) is 3.27. The summed E-state index contributed by atoms with van der Waals surface area (Å²) < 4.78 is 22.8. The Morgan fingerprint density at radius 2 is 2.00 bits per heavy atom. The first-order chi connectivity index (χ1) is 7.89. The Morgan fingerprint density at radius 3 is 2.59 bits per heavy atom. The van der Waals surface area contributed by atoms with E-state index < -0.39 is 22.0 Å². The van der Waals surface area contributed by atoms with Gasteiger partial charge in [0.05, 0.1) is 23.7 Å². The Bertz CT molecular complexity index is 525. The molecule has 1 aliphatic rings. The van der Waals surface area contributed by atoms with Crippen LogP contribution < -0.4 is 5.32 Å². The van der Waals surface area contributed by atoms with Gasteiger partial charge < -0.3 is 10.4 Å². The summed E-state index contributed by atoms with van der Waals surface area (Å²) in [7, 11) is -3.10. The van der Waals surface area contributed by atoms with Crippen molar-refractivity contribution >= 4 is 15.5 Å². The third kappa shape index (κ3) is 2.61. The van der Waals surface area contributed by atoms with Crippen molar-refractivity contribution in [2.45, 2.75) is 26.0 Å². The summed E-state index contributed by atoms with van der Waals surface area (Å²) in [5.74, 6) is -0.142. The summed E-state index contributed by atoms with van der Waals surface area (Å²) in [4.78, 5) is 0. The third-order valence-corrected chi connectivity index (χ3v) is 4.98. The van der Waals surface area contributed by atoms with E-state index in [1.165, 1.54) is 0 Å². The Balaban J connectivity index is 2.20. The molecule has 0 aliphatic carbocycles. The summed E-state index contributed by atoms with van der Waals surface area (Å²) >= 11 is 0. The van der Waals surface area contributed by atoms with E-state index in [0.29, 0.717) is 0 Å². The zero-order valence-corrected chi connectivity index (χ0v) is 10.8. The number of nitrogens with one attached hydrogen (secondary N) is 1. The molecule has 2 N–H and O–H groups in total. The molecule has 0 aromatic heterocycles. The quantitative estimate of drug-likeness (QED) is 0.823. The number of aryl methyl sites for hydroxylation is 1. The molecule has 0 amide bonds. The zero-order valence-electron chi connectivity index (χ0n) is 9.97. The van der Waals surface area contributed by atoms with Gasteiger partial charge in [-0.25, -0.2) is 8.42 Å². The average Bonchev–Trinajstić information content (AvgIpc) is 2.47. The standard InChI is InChI=1S/C12H17NO3S/c1-8-4-3-5-10(9(8)2)13-11-6-17(15,16)7-12(11)14/h3-5,11-14H,6-7H2,1-2H3/t11-,12-/m1/s1. The Hall–Kier alpha value is -1.07. The van der Waals surface area contributed by atoms with E-state index in [4.69, 9.17) is 0 Å². The minimum absolute atomic E-state index is 0.00154. The normalized spacial score (nSPS) is 27.0. The maximum Gasteiger partial charge on any atom is 0.155 e. The maximum atomic E-state index is 11.4. The number of aliphatic hydroxyl groups is 1. The number of rotatable bonds is 2. The number of hydrogen-bond acceptors (Lipinski definition) is 4. The van der Waals surface area contributed by atoms with Gasteiger partial charge in [0.15, 0.2) is 9.84 Å². The second kappa shape index (κ2) is 4.31. The molecular formula is C12H17NO3S. The van der Waals surface area contributed by atoms with E-state index in [2.05, 4.69) is 5.32 Å². The van der Waals surface area contributed by atoms with Crippen LogP contribution in [0.4, 0.5) is 5.69 Å². The maximum absolute atomic E-state index is 11.4. The van der Waals surface area contributed by atoms with Gasteiger partial charge in [-0.1, -0.05) is 12.1 Å². The average molecular weight is 255 g/mol. The number of anilines is 1. The van der Waals surface area contributed by atoms with Crippen molar-refractivity contribution in [2.24, 2.45) is 0 Å².